The van der Waals surface area contributed by atoms with Crippen LogP contribution in [0.2, 0.25) is 0 Å². The molecule has 2 heterocycles. The number of benzene rings is 2. The highest BCUT2D eigenvalue weighted by molar-refractivity contribution is 7.89. The maximum Gasteiger partial charge on any atom is 0.258 e. The van der Waals surface area contributed by atoms with Crippen molar-refractivity contribution in [3.05, 3.63) is 65.5 Å². The molecule has 0 bridgehead atoms. The maximum atomic E-state index is 13.4. The lowest BCUT2D eigenvalue weighted by atomic mass is 9.97. The molecule has 4 rings (SSSR count). The molecule has 3 aromatic rings. The zero-order valence-corrected chi connectivity index (χ0v) is 16.5. The summed E-state index contributed by atoms with van der Waals surface area (Å²) in [6.07, 6.45) is 0.980. The molecule has 0 spiro atoms. The van der Waals surface area contributed by atoms with E-state index in [0.717, 1.165) is 23.3 Å². The van der Waals surface area contributed by atoms with Gasteiger partial charge in [-0.2, -0.15) is 9.29 Å². The van der Waals surface area contributed by atoms with Gasteiger partial charge in [-0.15, -0.1) is 0 Å². The van der Waals surface area contributed by atoms with Crippen LogP contribution in [0.25, 0.3) is 11.5 Å². The van der Waals surface area contributed by atoms with E-state index in [4.69, 9.17) is 4.52 Å². The summed E-state index contributed by atoms with van der Waals surface area (Å²) < 4.78 is 58.9. The molecule has 152 valence electrons. The van der Waals surface area contributed by atoms with Crippen molar-refractivity contribution in [3.8, 4) is 11.5 Å². The number of aromatic nitrogens is 2. The molecule has 0 amide bonds. The molecular weight excluding hydrogens is 400 g/mol. The van der Waals surface area contributed by atoms with E-state index in [1.54, 1.807) is 0 Å². The predicted molar refractivity (Wildman–Crippen MR) is 102 cm³/mol. The van der Waals surface area contributed by atoms with Crippen molar-refractivity contribution >= 4 is 10.0 Å². The van der Waals surface area contributed by atoms with Gasteiger partial charge < -0.3 is 4.52 Å². The van der Waals surface area contributed by atoms with E-state index in [2.05, 4.69) is 10.1 Å². The maximum absolute atomic E-state index is 13.4. The molecule has 1 aliphatic heterocycles. The number of hydrogen-bond acceptors (Lipinski definition) is 5. The number of piperidine rings is 1. The Hall–Kier alpha value is -2.65. The van der Waals surface area contributed by atoms with Crippen LogP contribution in [0, 0.1) is 18.6 Å². The van der Waals surface area contributed by atoms with Crippen molar-refractivity contribution in [2.45, 2.75) is 30.6 Å². The molecule has 0 atom stereocenters. The lowest BCUT2D eigenvalue weighted by Crippen LogP contribution is -2.38. The van der Waals surface area contributed by atoms with Gasteiger partial charge in [0.15, 0.2) is 5.82 Å². The van der Waals surface area contributed by atoms with Crippen LogP contribution in [0.5, 0.6) is 0 Å². The van der Waals surface area contributed by atoms with E-state index in [9.17, 15) is 17.2 Å². The van der Waals surface area contributed by atoms with Gasteiger partial charge in [-0.05, 0) is 43.5 Å². The largest absolute Gasteiger partial charge is 0.334 e. The zero-order chi connectivity index (χ0) is 20.6. The Morgan fingerprint density at radius 1 is 1.07 bits per heavy atom. The predicted octanol–water partition coefficient (Wildman–Crippen LogP) is 3.89. The minimum absolute atomic E-state index is 0.0489. The second-order valence-corrected chi connectivity index (χ2v) is 8.99. The van der Waals surface area contributed by atoms with Gasteiger partial charge in [0.1, 0.15) is 11.6 Å². The molecule has 2 aromatic carbocycles. The fourth-order valence-electron chi connectivity index (χ4n) is 3.50. The highest BCUT2D eigenvalue weighted by atomic mass is 32.2. The molecule has 1 saturated heterocycles. The van der Waals surface area contributed by atoms with Crippen LogP contribution in [0.4, 0.5) is 8.78 Å². The number of halogens is 2. The third-order valence-electron chi connectivity index (χ3n) is 5.11. The normalized spacial score (nSPS) is 16.2. The Balaban J connectivity index is 1.48. The van der Waals surface area contributed by atoms with E-state index < -0.39 is 21.7 Å². The van der Waals surface area contributed by atoms with Gasteiger partial charge in [0, 0.05) is 30.6 Å². The summed E-state index contributed by atoms with van der Waals surface area (Å²) in [7, 11) is -3.97. The van der Waals surface area contributed by atoms with Crippen molar-refractivity contribution in [1.29, 1.82) is 0 Å². The standard InChI is InChI=1S/C20H19F2N3O3S/c1-13-4-2-3-5-18(13)20-23-19(24-28-20)14-6-8-25(9-7-14)29(26,27)17-11-15(21)10-16(22)12-17/h2-5,10-12,14H,6-9H2,1H3. The summed E-state index contributed by atoms with van der Waals surface area (Å²) in [5.74, 6) is -0.921. The van der Waals surface area contributed by atoms with Crippen LogP contribution in [-0.2, 0) is 10.0 Å². The van der Waals surface area contributed by atoms with Crippen LogP contribution in [0.15, 0.2) is 51.9 Å². The number of nitrogens with zero attached hydrogens (tertiary/aromatic N) is 3. The van der Waals surface area contributed by atoms with Gasteiger partial charge in [0.2, 0.25) is 10.0 Å². The first-order chi connectivity index (χ1) is 13.8. The first-order valence-electron chi connectivity index (χ1n) is 9.20. The highest BCUT2D eigenvalue weighted by Crippen LogP contribution is 2.31. The van der Waals surface area contributed by atoms with Crippen LogP contribution < -0.4 is 0 Å². The molecule has 9 heteroatoms. The van der Waals surface area contributed by atoms with Gasteiger partial charge in [-0.1, -0.05) is 23.4 Å². The number of rotatable bonds is 4. The third-order valence-corrected chi connectivity index (χ3v) is 6.99. The highest BCUT2D eigenvalue weighted by Gasteiger charge is 2.32. The molecule has 0 saturated carbocycles. The second-order valence-electron chi connectivity index (χ2n) is 7.06. The van der Waals surface area contributed by atoms with Gasteiger partial charge in [-0.25, -0.2) is 17.2 Å². The fraction of sp³-hybridized carbons (Fsp3) is 0.300. The molecule has 6 nitrogen and oxygen atoms in total. The average Bonchev–Trinajstić information content (AvgIpc) is 3.17. The summed E-state index contributed by atoms with van der Waals surface area (Å²) >= 11 is 0. The van der Waals surface area contributed by atoms with Crippen molar-refractivity contribution in [1.82, 2.24) is 14.4 Å². The summed E-state index contributed by atoms with van der Waals surface area (Å²) in [4.78, 5) is 4.11. The van der Waals surface area contributed by atoms with Crippen molar-refractivity contribution in [2.24, 2.45) is 0 Å². The summed E-state index contributed by atoms with van der Waals surface area (Å²) in [5.41, 5.74) is 1.88. The Kier molecular flexibility index (Phi) is 5.18. The SMILES string of the molecule is Cc1ccccc1-c1nc(C2CCN(S(=O)(=O)c3cc(F)cc(F)c3)CC2)no1. The van der Waals surface area contributed by atoms with Crippen LogP contribution in [-0.4, -0.2) is 36.0 Å². The minimum atomic E-state index is -3.97. The zero-order valence-electron chi connectivity index (χ0n) is 15.7. The van der Waals surface area contributed by atoms with E-state index in [0.29, 0.717) is 30.6 Å². The topological polar surface area (TPSA) is 76.3 Å². The second kappa shape index (κ2) is 7.64. The molecular formula is C20H19F2N3O3S. The average molecular weight is 419 g/mol. The molecule has 1 fully saturated rings. The molecule has 1 aliphatic rings. The molecule has 0 radical (unpaired) electrons. The van der Waals surface area contributed by atoms with Crippen molar-refractivity contribution in [3.63, 3.8) is 0 Å². The van der Waals surface area contributed by atoms with Gasteiger partial charge in [0.05, 0.1) is 4.90 Å². The van der Waals surface area contributed by atoms with E-state index >= 15 is 0 Å². The van der Waals surface area contributed by atoms with Gasteiger partial charge >= 0.3 is 0 Å². The first kappa shape index (κ1) is 19.7. The first-order valence-corrected chi connectivity index (χ1v) is 10.6. The molecule has 1 aromatic heterocycles. The van der Waals surface area contributed by atoms with Crippen LogP contribution in [0.1, 0.15) is 30.1 Å². The van der Waals surface area contributed by atoms with Gasteiger partial charge in [0.25, 0.3) is 5.89 Å². The number of aryl methyl sites for hydroxylation is 1. The Labute approximate surface area is 167 Å². The van der Waals surface area contributed by atoms with Crippen molar-refractivity contribution in [2.75, 3.05) is 13.1 Å². The summed E-state index contributed by atoms with van der Waals surface area (Å²) in [6.45, 7) is 2.37. The lowest BCUT2D eigenvalue weighted by molar-refractivity contribution is 0.307. The Bertz CT molecular complexity index is 1120. The Morgan fingerprint density at radius 3 is 2.38 bits per heavy atom. The van der Waals surface area contributed by atoms with E-state index in [1.165, 1.54) is 4.31 Å². The fourth-order valence-corrected chi connectivity index (χ4v) is 5.02. The summed E-state index contributed by atoms with van der Waals surface area (Å²) in [6, 6.07) is 9.99. The summed E-state index contributed by atoms with van der Waals surface area (Å²) in [5, 5.41) is 4.07. The molecule has 29 heavy (non-hydrogen) atoms. The molecule has 0 unspecified atom stereocenters. The van der Waals surface area contributed by atoms with E-state index in [1.807, 2.05) is 31.2 Å². The number of hydrogen-bond donors (Lipinski definition) is 0. The minimum Gasteiger partial charge on any atom is -0.334 e. The smallest absolute Gasteiger partial charge is 0.258 e. The van der Waals surface area contributed by atoms with Crippen molar-refractivity contribution < 1.29 is 21.7 Å². The number of sulfonamides is 1. The van der Waals surface area contributed by atoms with Crippen LogP contribution in [0.3, 0.4) is 0 Å². The lowest BCUT2D eigenvalue weighted by Gasteiger charge is -2.29. The Morgan fingerprint density at radius 2 is 1.72 bits per heavy atom. The molecule has 0 aliphatic carbocycles. The van der Waals surface area contributed by atoms with Gasteiger partial charge in [-0.3, -0.25) is 0 Å². The molecule has 0 N–H and O–H groups in total. The van der Waals surface area contributed by atoms with E-state index in [-0.39, 0.29) is 23.9 Å². The third kappa shape index (κ3) is 3.92. The quantitative estimate of drug-likeness (QED) is 0.641. The monoisotopic (exact) mass is 419 g/mol. The van der Waals surface area contributed by atoms with Crippen LogP contribution >= 0.6 is 0 Å².